The van der Waals surface area contributed by atoms with Crippen LogP contribution in [0.15, 0.2) is 60.7 Å². The zero-order valence-electron chi connectivity index (χ0n) is 17.7. The van der Waals surface area contributed by atoms with Gasteiger partial charge in [0.05, 0.1) is 18.2 Å². The summed E-state index contributed by atoms with van der Waals surface area (Å²) in [5, 5.41) is 29.4. The number of hydrogen-bond acceptors (Lipinski definition) is 7. The first-order chi connectivity index (χ1) is 15.3. The number of anilines is 1. The second kappa shape index (κ2) is 11.5. The normalized spacial score (nSPS) is 12.0. The molecule has 9 nitrogen and oxygen atoms in total. The van der Waals surface area contributed by atoms with Crippen LogP contribution in [-0.4, -0.2) is 35.5 Å². The second-order valence-corrected chi connectivity index (χ2v) is 7.34. The van der Waals surface area contributed by atoms with Crippen molar-refractivity contribution in [2.75, 3.05) is 18.5 Å². The number of benzene rings is 2. The molecular weight excluding hydrogens is 414 g/mol. The standard InChI is InChI=1S/C23H25N3O6/c1-23(2,12-11-20(28)26-30)21(18-5-3-4-6-19(18)31-14-13-27)32-22(29)25-17-9-7-16(15-24)8-10-17/h3-12,21,27,30H,13-14H2,1-2H3,(H,25,29)(H,26,28)/b12-11+/t21-/m1/s1. The lowest BCUT2D eigenvalue weighted by atomic mass is 9.81. The van der Waals surface area contributed by atoms with Crippen molar-refractivity contribution < 1.29 is 29.4 Å². The van der Waals surface area contributed by atoms with Gasteiger partial charge in [0.2, 0.25) is 0 Å². The van der Waals surface area contributed by atoms with Crippen LogP contribution in [-0.2, 0) is 9.53 Å². The number of rotatable bonds is 9. The van der Waals surface area contributed by atoms with Gasteiger partial charge >= 0.3 is 6.09 Å². The van der Waals surface area contributed by atoms with Gasteiger partial charge in [-0.25, -0.2) is 10.3 Å². The maximum Gasteiger partial charge on any atom is 0.412 e. The Hall–Kier alpha value is -3.87. The van der Waals surface area contributed by atoms with Gasteiger partial charge in [-0.2, -0.15) is 5.26 Å². The first kappa shape index (κ1) is 24.4. The Morgan fingerprint density at radius 1 is 1.19 bits per heavy atom. The van der Waals surface area contributed by atoms with Gasteiger partial charge in [0.25, 0.3) is 5.91 Å². The number of nitrogens with one attached hydrogen (secondary N) is 2. The van der Waals surface area contributed by atoms with E-state index in [2.05, 4.69) is 5.32 Å². The number of hydrogen-bond donors (Lipinski definition) is 4. The molecule has 0 aromatic heterocycles. The summed E-state index contributed by atoms with van der Waals surface area (Å²) in [6.45, 7) is 3.34. The number of carbonyl (C=O) groups excluding carboxylic acids is 2. The molecule has 0 saturated heterocycles. The Labute approximate surface area is 185 Å². The molecule has 0 spiro atoms. The highest BCUT2D eigenvalue weighted by atomic mass is 16.6. The number of hydroxylamine groups is 1. The molecule has 32 heavy (non-hydrogen) atoms. The predicted octanol–water partition coefficient (Wildman–Crippen LogP) is 3.31. The molecule has 0 aliphatic carbocycles. The zero-order chi connectivity index (χ0) is 23.6. The number of nitrogens with zero attached hydrogens (tertiary/aromatic N) is 1. The summed E-state index contributed by atoms with van der Waals surface area (Å²) < 4.78 is 11.3. The van der Waals surface area contributed by atoms with E-state index in [-0.39, 0.29) is 13.2 Å². The fourth-order valence-electron chi connectivity index (χ4n) is 2.90. The fraction of sp³-hybridized carbons (Fsp3) is 0.261. The van der Waals surface area contributed by atoms with E-state index in [1.165, 1.54) is 11.6 Å². The van der Waals surface area contributed by atoms with Crippen molar-refractivity contribution in [1.29, 1.82) is 5.26 Å². The summed E-state index contributed by atoms with van der Waals surface area (Å²) in [7, 11) is 0. The topological polar surface area (TPSA) is 141 Å². The van der Waals surface area contributed by atoms with Crippen LogP contribution < -0.4 is 15.5 Å². The van der Waals surface area contributed by atoms with E-state index < -0.39 is 23.5 Å². The number of amides is 2. The third kappa shape index (κ3) is 6.84. The lowest BCUT2D eigenvalue weighted by Crippen LogP contribution is -2.28. The van der Waals surface area contributed by atoms with E-state index in [1.807, 2.05) is 6.07 Å². The quantitative estimate of drug-likeness (QED) is 0.267. The molecule has 0 saturated carbocycles. The molecule has 0 bridgehead atoms. The number of ether oxygens (including phenoxy) is 2. The van der Waals surface area contributed by atoms with E-state index in [0.717, 1.165) is 6.08 Å². The summed E-state index contributed by atoms with van der Waals surface area (Å²) in [6, 6.07) is 15.2. The maximum atomic E-state index is 12.7. The lowest BCUT2D eigenvalue weighted by molar-refractivity contribution is -0.124. The molecule has 0 radical (unpaired) electrons. The van der Waals surface area contributed by atoms with Crippen molar-refractivity contribution in [3.05, 3.63) is 71.8 Å². The fourth-order valence-corrected chi connectivity index (χ4v) is 2.90. The molecule has 168 valence electrons. The van der Waals surface area contributed by atoms with Crippen LogP contribution in [0.3, 0.4) is 0 Å². The van der Waals surface area contributed by atoms with Crippen molar-refractivity contribution in [3.8, 4) is 11.8 Å². The second-order valence-electron chi connectivity index (χ2n) is 7.34. The molecule has 0 unspecified atom stereocenters. The average Bonchev–Trinajstić information content (AvgIpc) is 2.80. The molecule has 9 heteroatoms. The van der Waals surface area contributed by atoms with Gasteiger partial charge in [-0.05, 0) is 30.3 Å². The van der Waals surface area contributed by atoms with Gasteiger partial charge in [0.1, 0.15) is 18.5 Å². The van der Waals surface area contributed by atoms with Gasteiger partial charge in [0.15, 0.2) is 0 Å². The van der Waals surface area contributed by atoms with Crippen LogP contribution in [0.5, 0.6) is 5.75 Å². The monoisotopic (exact) mass is 439 g/mol. The Kier molecular flexibility index (Phi) is 8.77. The minimum absolute atomic E-state index is 0.0460. The van der Waals surface area contributed by atoms with Crippen LogP contribution in [0.4, 0.5) is 10.5 Å². The van der Waals surface area contributed by atoms with E-state index in [1.54, 1.807) is 62.4 Å². The molecule has 2 rings (SSSR count). The Balaban J connectivity index is 2.35. The molecule has 0 fully saturated rings. The van der Waals surface area contributed by atoms with Gasteiger partial charge in [-0.1, -0.05) is 38.1 Å². The summed E-state index contributed by atoms with van der Waals surface area (Å²) in [5.74, 6) is -0.325. The Morgan fingerprint density at radius 2 is 1.88 bits per heavy atom. The minimum atomic E-state index is -0.910. The molecule has 0 aliphatic rings. The molecule has 0 aliphatic heterocycles. The number of aliphatic hydroxyl groups excluding tert-OH is 1. The third-order valence-electron chi connectivity index (χ3n) is 4.49. The van der Waals surface area contributed by atoms with E-state index in [9.17, 15) is 9.59 Å². The highest BCUT2D eigenvalue weighted by Crippen LogP contribution is 2.42. The minimum Gasteiger partial charge on any atom is -0.491 e. The maximum absolute atomic E-state index is 12.7. The van der Waals surface area contributed by atoms with Gasteiger partial charge in [-0.15, -0.1) is 0 Å². The molecule has 0 heterocycles. The first-order valence-corrected chi connectivity index (χ1v) is 9.74. The molecule has 2 amide bonds. The first-order valence-electron chi connectivity index (χ1n) is 9.74. The van der Waals surface area contributed by atoms with Crippen LogP contribution in [0.1, 0.15) is 31.1 Å². The van der Waals surface area contributed by atoms with Crippen molar-refractivity contribution >= 4 is 17.7 Å². The van der Waals surface area contributed by atoms with Crippen molar-refractivity contribution in [2.45, 2.75) is 20.0 Å². The van der Waals surface area contributed by atoms with Crippen LogP contribution in [0, 0.1) is 16.7 Å². The van der Waals surface area contributed by atoms with Crippen molar-refractivity contribution in [2.24, 2.45) is 5.41 Å². The van der Waals surface area contributed by atoms with Crippen LogP contribution in [0.25, 0.3) is 0 Å². The predicted molar refractivity (Wildman–Crippen MR) is 116 cm³/mol. The van der Waals surface area contributed by atoms with Gasteiger partial charge < -0.3 is 14.6 Å². The summed E-state index contributed by atoms with van der Waals surface area (Å²) in [6.07, 6.45) is 0.968. The smallest absolute Gasteiger partial charge is 0.412 e. The summed E-state index contributed by atoms with van der Waals surface area (Å²) in [4.78, 5) is 24.2. The molecular formula is C23H25N3O6. The lowest BCUT2D eigenvalue weighted by Gasteiger charge is -2.32. The van der Waals surface area contributed by atoms with Crippen LogP contribution >= 0.6 is 0 Å². The molecule has 2 aromatic rings. The van der Waals surface area contributed by atoms with E-state index in [0.29, 0.717) is 22.6 Å². The van der Waals surface area contributed by atoms with Crippen LogP contribution in [0.2, 0.25) is 0 Å². The van der Waals surface area contributed by atoms with Crippen molar-refractivity contribution in [1.82, 2.24) is 5.48 Å². The highest BCUT2D eigenvalue weighted by molar-refractivity contribution is 5.86. The molecule has 4 N–H and O–H groups in total. The Morgan fingerprint density at radius 3 is 2.50 bits per heavy atom. The average molecular weight is 439 g/mol. The SMILES string of the molecule is CC(C)(/C=C/C(=O)NO)[C@H](OC(=O)Nc1ccc(C#N)cc1)c1ccccc1OCCO. The summed E-state index contributed by atoms with van der Waals surface area (Å²) >= 11 is 0. The van der Waals surface area contributed by atoms with Crippen molar-refractivity contribution in [3.63, 3.8) is 0 Å². The molecule has 2 aromatic carbocycles. The highest BCUT2D eigenvalue weighted by Gasteiger charge is 2.34. The number of aliphatic hydroxyl groups is 1. The van der Waals surface area contributed by atoms with E-state index in [4.69, 9.17) is 25.0 Å². The summed E-state index contributed by atoms with van der Waals surface area (Å²) in [5.41, 5.74) is 2.02. The largest absolute Gasteiger partial charge is 0.491 e. The number of carbonyl (C=O) groups is 2. The third-order valence-corrected chi connectivity index (χ3v) is 4.49. The zero-order valence-corrected chi connectivity index (χ0v) is 17.7. The van der Waals surface area contributed by atoms with Gasteiger partial charge in [0, 0.05) is 22.7 Å². The van der Waals surface area contributed by atoms with Gasteiger partial charge in [-0.3, -0.25) is 15.3 Å². The number of nitriles is 1. The van der Waals surface area contributed by atoms with E-state index >= 15 is 0 Å². The molecule has 1 atom stereocenters. The Bertz CT molecular complexity index is 996. The number of para-hydroxylation sites is 1.